The summed E-state index contributed by atoms with van der Waals surface area (Å²) in [7, 11) is -3.02. The first kappa shape index (κ1) is 16.2. The van der Waals surface area contributed by atoms with Crippen molar-refractivity contribution in [2.75, 3.05) is 45.5 Å². The summed E-state index contributed by atoms with van der Waals surface area (Å²) in [5, 5.41) is 3.54. The lowest BCUT2D eigenvalue weighted by atomic mass is 10.00. The molecule has 0 aliphatic carbocycles. The van der Waals surface area contributed by atoms with E-state index in [1.54, 1.807) is 4.31 Å². The number of hydrogen-bond acceptors (Lipinski definition) is 4. The molecule has 0 bridgehead atoms. The zero-order chi connectivity index (χ0) is 14.6. The molecule has 20 heavy (non-hydrogen) atoms. The van der Waals surface area contributed by atoms with Crippen LogP contribution in [0, 0.1) is 5.92 Å². The van der Waals surface area contributed by atoms with Crippen LogP contribution in [0.2, 0.25) is 0 Å². The number of rotatable bonds is 6. The van der Waals surface area contributed by atoms with Gasteiger partial charge in [0.1, 0.15) is 0 Å². The first-order valence-corrected chi connectivity index (χ1v) is 9.71. The monoisotopic (exact) mass is 303 g/mol. The average Bonchev–Trinajstić information content (AvgIpc) is 2.92. The van der Waals surface area contributed by atoms with Gasteiger partial charge in [-0.15, -0.1) is 0 Å². The number of hydrogen-bond donors (Lipinski definition) is 1. The molecular formula is C14H29N3O2S. The second-order valence-corrected chi connectivity index (χ2v) is 8.36. The molecule has 0 aromatic carbocycles. The fourth-order valence-corrected chi connectivity index (χ4v) is 4.24. The third-order valence-corrected chi connectivity index (χ3v) is 5.86. The SMILES string of the molecule is CC(CNCC1CCCN(S(C)(=O)=O)C1)N1CCCC1. The summed E-state index contributed by atoms with van der Waals surface area (Å²) in [5.41, 5.74) is 0. The first-order valence-electron chi connectivity index (χ1n) is 7.86. The first-order chi connectivity index (χ1) is 9.47. The lowest BCUT2D eigenvalue weighted by molar-refractivity contribution is 0.231. The summed E-state index contributed by atoms with van der Waals surface area (Å²) in [6.45, 7) is 8.06. The minimum absolute atomic E-state index is 0.462. The van der Waals surface area contributed by atoms with Crippen molar-refractivity contribution in [1.82, 2.24) is 14.5 Å². The van der Waals surface area contributed by atoms with Gasteiger partial charge in [-0.05, 0) is 58.2 Å². The highest BCUT2D eigenvalue weighted by Crippen LogP contribution is 2.18. The number of nitrogens with zero attached hydrogens (tertiary/aromatic N) is 2. The van der Waals surface area contributed by atoms with Gasteiger partial charge in [-0.3, -0.25) is 4.90 Å². The molecule has 1 N–H and O–H groups in total. The van der Waals surface area contributed by atoms with Crippen LogP contribution in [0.25, 0.3) is 0 Å². The zero-order valence-electron chi connectivity index (χ0n) is 12.8. The number of piperidine rings is 1. The van der Waals surface area contributed by atoms with Gasteiger partial charge in [-0.1, -0.05) is 0 Å². The van der Waals surface area contributed by atoms with Crippen LogP contribution in [0.15, 0.2) is 0 Å². The van der Waals surface area contributed by atoms with Crippen molar-refractivity contribution in [2.24, 2.45) is 5.92 Å². The maximum Gasteiger partial charge on any atom is 0.211 e. The summed E-state index contributed by atoms with van der Waals surface area (Å²) in [4.78, 5) is 2.54. The highest BCUT2D eigenvalue weighted by molar-refractivity contribution is 7.88. The Morgan fingerprint density at radius 1 is 1.20 bits per heavy atom. The molecule has 2 saturated heterocycles. The Balaban J connectivity index is 1.68. The molecule has 0 aromatic rings. The van der Waals surface area contributed by atoms with Crippen molar-refractivity contribution in [3.05, 3.63) is 0 Å². The van der Waals surface area contributed by atoms with E-state index >= 15 is 0 Å². The number of nitrogens with one attached hydrogen (secondary N) is 1. The van der Waals surface area contributed by atoms with Crippen molar-refractivity contribution in [3.8, 4) is 0 Å². The van der Waals surface area contributed by atoms with E-state index in [9.17, 15) is 8.42 Å². The Bertz CT molecular complexity index is 393. The fourth-order valence-electron chi connectivity index (χ4n) is 3.30. The highest BCUT2D eigenvalue weighted by Gasteiger charge is 2.26. The van der Waals surface area contributed by atoms with Crippen LogP contribution < -0.4 is 5.32 Å². The Morgan fingerprint density at radius 3 is 2.55 bits per heavy atom. The molecule has 0 amide bonds. The molecule has 2 aliphatic heterocycles. The van der Waals surface area contributed by atoms with Crippen molar-refractivity contribution >= 4 is 10.0 Å². The lowest BCUT2D eigenvalue weighted by Gasteiger charge is -2.32. The largest absolute Gasteiger partial charge is 0.315 e. The number of likely N-dealkylation sites (tertiary alicyclic amines) is 1. The number of sulfonamides is 1. The van der Waals surface area contributed by atoms with Gasteiger partial charge in [-0.25, -0.2) is 12.7 Å². The molecule has 0 spiro atoms. The minimum atomic E-state index is -3.02. The van der Waals surface area contributed by atoms with E-state index < -0.39 is 10.0 Å². The molecule has 2 heterocycles. The van der Waals surface area contributed by atoms with Crippen LogP contribution in [0.1, 0.15) is 32.6 Å². The minimum Gasteiger partial charge on any atom is -0.315 e. The Morgan fingerprint density at radius 2 is 1.90 bits per heavy atom. The molecule has 2 unspecified atom stereocenters. The molecule has 2 atom stereocenters. The van der Waals surface area contributed by atoms with E-state index in [0.717, 1.165) is 25.9 Å². The van der Waals surface area contributed by atoms with Crippen molar-refractivity contribution in [3.63, 3.8) is 0 Å². The van der Waals surface area contributed by atoms with E-state index in [2.05, 4.69) is 17.1 Å². The Labute approximate surface area is 123 Å². The Hall–Kier alpha value is -0.170. The van der Waals surface area contributed by atoms with Crippen LogP contribution in [0.5, 0.6) is 0 Å². The summed E-state index contributed by atoms with van der Waals surface area (Å²) in [6.07, 6.45) is 6.10. The molecule has 0 radical (unpaired) electrons. The molecule has 6 heteroatoms. The standard InChI is InChI=1S/C14H29N3O2S/c1-13(16-7-3-4-8-16)10-15-11-14-6-5-9-17(12-14)20(2,18)19/h13-15H,3-12H2,1-2H3. The average molecular weight is 303 g/mol. The third-order valence-electron chi connectivity index (χ3n) is 4.59. The zero-order valence-corrected chi connectivity index (χ0v) is 13.7. The molecule has 2 fully saturated rings. The van der Waals surface area contributed by atoms with Gasteiger partial charge in [0, 0.05) is 25.7 Å². The smallest absolute Gasteiger partial charge is 0.211 e. The molecule has 0 aromatic heterocycles. The van der Waals surface area contributed by atoms with Gasteiger partial charge in [0.15, 0.2) is 0 Å². The van der Waals surface area contributed by atoms with E-state index in [1.165, 1.54) is 32.2 Å². The summed E-state index contributed by atoms with van der Waals surface area (Å²) in [5.74, 6) is 0.462. The predicted octanol–water partition coefficient (Wildman–Crippen LogP) is 0.732. The van der Waals surface area contributed by atoms with Gasteiger partial charge in [0.25, 0.3) is 0 Å². The summed E-state index contributed by atoms with van der Waals surface area (Å²) >= 11 is 0. The van der Waals surface area contributed by atoms with Crippen LogP contribution in [0.4, 0.5) is 0 Å². The van der Waals surface area contributed by atoms with Gasteiger partial charge < -0.3 is 5.32 Å². The van der Waals surface area contributed by atoms with E-state index in [0.29, 0.717) is 25.0 Å². The second-order valence-electron chi connectivity index (χ2n) is 6.38. The molecule has 118 valence electrons. The van der Waals surface area contributed by atoms with Gasteiger partial charge in [0.05, 0.1) is 6.26 Å². The van der Waals surface area contributed by atoms with E-state index in [-0.39, 0.29) is 0 Å². The van der Waals surface area contributed by atoms with Gasteiger partial charge in [0.2, 0.25) is 10.0 Å². The maximum absolute atomic E-state index is 11.6. The summed E-state index contributed by atoms with van der Waals surface area (Å²) < 4.78 is 24.8. The topological polar surface area (TPSA) is 52.7 Å². The molecule has 2 aliphatic rings. The molecule has 2 rings (SSSR count). The Kier molecular flexibility index (Phi) is 5.84. The van der Waals surface area contributed by atoms with Gasteiger partial charge in [-0.2, -0.15) is 0 Å². The highest BCUT2D eigenvalue weighted by atomic mass is 32.2. The second kappa shape index (κ2) is 7.20. The maximum atomic E-state index is 11.6. The van der Waals surface area contributed by atoms with Crippen LogP contribution in [0.3, 0.4) is 0 Å². The quantitative estimate of drug-likeness (QED) is 0.786. The van der Waals surface area contributed by atoms with Crippen LogP contribution in [-0.2, 0) is 10.0 Å². The van der Waals surface area contributed by atoms with Gasteiger partial charge >= 0.3 is 0 Å². The lowest BCUT2D eigenvalue weighted by Crippen LogP contribution is -2.44. The van der Waals surface area contributed by atoms with E-state index in [1.807, 2.05) is 0 Å². The van der Waals surface area contributed by atoms with Crippen molar-refractivity contribution < 1.29 is 8.42 Å². The van der Waals surface area contributed by atoms with Crippen molar-refractivity contribution in [1.29, 1.82) is 0 Å². The molecule has 5 nitrogen and oxygen atoms in total. The van der Waals surface area contributed by atoms with Crippen LogP contribution >= 0.6 is 0 Å². The van der Waals surface area contributed by atoms with E-state index in [4.69, 9.17) is 0 Å². The molecule has 0 saturated carbocycles. The summed E-state index contributed by atoms with van der Waals surface area (Å²) in [6, 6.07) is 0.590. The predicted molar refractivity (Wildman–Crippen MR) is 82.3 cm³/mol. The normalized spacial score (nSPS) is 27.8. The van der Waals surface area contributed by atoms with Crippen LogP contribution in [-0.4, -0.2) is 69.2 Å². The third kappa shape index (κ3) is 4.69. The fraction of sp³-hybridized carbons (Fsp3) is 1.00. The molecular weight excluding hydrogens is 274 g/mol. The van der Waals surface area contributed by atoms with Crippen molar-refractivity contribution in [2.45, 2.75) is 38.6 Å².